The second-order valence-corrected chi connectivity index (χ2v) is 9.52. The normalized spacial score (nSPS) is 13.4. The highest BCUT2D eigenvalue weighted by atomic mass is 35.5. The van der Waals surface area contributed by atoms with Crippen molar-refractivity contribution in [2.45, 2.75) is 31.8 Å². The molecule has 214 valence electrons. The Morgan fingerprint density at radius 2 is 2.00 bits per heavy atom. The summed E-state index contributed by atoms with van der Waals surface area (Å²) in [6, 6.07) is 11.5. The number of carboxylic acid groups (broad SMARTS) is 1. The van der Waals surface area contributed by atoms with Gasteiger partial charge < -0.3 is 26.3 Å². The van der Waals surface area contributed by atoms with E-state index >= 15 is 0 Å². The van der Waals surface area contributed by atoms with Crippen molar-refractivity contribution in [1.29, 1.82) is 0 Å². The second kappa shape index (κ2) is 13.5. The Kier molecular flexibility index (Phi) is 9.55. The van der Waals surface area contributed by atoms with Crippen LogP contribution < -0.4 is 32.1 Å². The standard InChI is InChI=1S/C27H29ClN8O5/c28-19-5-10-23(35(30)16-31-29)18(14-19)4-11-24(37)33-22(9-8-21-15-25-36(34-21)12-1-13-41-25)26(38)32-20-6-2-17(3-7-20)27(39)40/h2-7,10-11,14-16,22H,1,8-9,12-13,29-30H2,(H,32,38)(H,33,37)(H,39,40)/b11-4+,31-16-/t22-/m0/s1. The van der Waals surface area contributed by atoms with Crippen LogP contribution in [-0.4, -0.2) is 51.7 Å². The summed E-state index contributed by atoms with van der Waals surface area (Å²) in [5, 5.41) is 24.1. The first-order chi connectivity index (χ1) is 19.7. The number of amides is 2. The van der Waals surface area contributed by atoms with Gasteiger partial charge in [-0.1, -0.05) is 11.6 Å². The zero-order valence-electron chi connectivity index (χ0n) is 21.9. The summed E-state index contributed by atoms with van der Waals surface area (Å²) in [6.45, 7) is 1.37. The molecule has 0 saturated carbocycles. The van der Waals surface area contributed by atoms with Crippen molar-refractivity contribution in [1.82, 2.24) is 15.1 Å². The summed E-state index contributed by atoms with van der Waals surface area (Å²) in [4.78, 5) is 37.3. The number of halogens is 1. The minimum Gasteiger partial charge on any atom is -0.478 e. The van der Waals surface area contributed by atoms with E-state index in [2.05, 4.69) is 20.8 Å². The molecular weight excluding hydrogens is 552 g/mol. The number of hydrogen-bond acceptors (Lipinski definition) is 8. The number of hydrazine groups is 1. The minimum atomic E-state index is -1.08. The van der Waals surface area contributed by atoms with E-state index in [1.807, 2.05) is 6.07 Å². The fraction of sp³-hybridized carbons (Fsp3) is 0.222. The van der Waals surface area contributed by atoms with Gasteiger partial charge in [0.2, 0.25) is 17.7 Å². The molecule has 1 aliphatic heterocycles. The van der Waals surface area contributed by atoms with Crippen LogP contribution in [-0.2, 0) is 22.6 Å². The Labute approximate surface area is 240 Å². The van der Waals surface area contributed by atoms with Crippen molar-refractivity contribution in [3.63, 3.8) is 0 Å². The highest BCUT2D eigenvalue weighted by Gasteiger charge is 2.22. The number of nitrogens with one attached hydrogen (secondary N) is 2. The van der Waals surface area contributed by atoms with Crippen LogP contribution in [0.4, 0.5) is 11.4 Å². The van der Waals surface area contributed by atoms with Crippen molar-refractivity contribution >= 4 is 53.2 Å². The Balaban J connectivity index is 1.50. The third kappa shape index (κ3) is 7.84. The van der Waals surface area contributed by atoms with E-state index < -0.39 is 23.8 Å². The monoisotopic (exact) mass is 580 g/mol. The van der Waals surface area contributed by atoms with E-state index in [-0.39, 0.29) is 12.0 Å². The highest BCUT2D eigenvalue weighted by Crippen LogP contribution is 2.24. The number of carboxylic acids is 1. The van der Waals surface area contributed by atoms with Crippen LogP contribution in [0.25, 0.3) is 6.08 Å². The quantitative estimate of drug-likeness (QED) is 0.0744. The van der Waals surface area contributed by atoms with Crippen LogP contribution in [0.15, 0.2) is 59.7 Å². The van der Waals surface area contributed by atoms with Gasteiger partial charge in [-0.25, -0.2) is 15.3 Å². The van der Waals surface area contributed by atoms with Gasteiger partial charge in [-0.3, -0.25) is 14.6 Å². The molecule has 0 fully saturated rings. The topological polar surface area (TPSA) is 190 Å². The summed E-state index contributed by atoms with van der Waals surface area (Å²) >= 11 is 6.13. The van der Waals surface area contributed by atoms with Gasteiger partial charge in [-0.2, -0.15) is 10.2 Å². The molecule has 1 aliphatic rings. The summed E-state index contributed by atoms with van der Waals surface area (Å²) < 4.78 is 7.39. The maximum Gasteiger partial charge on any atom is 0.335 e. The fourth-order valence-corrected chi connectivity index (χ4v) is 4.32. The maximum atomic E-state index is 13.2. The predicted octanol–water partition coefficient (Wildman–Crippen LogP) is 2.37. The number of hydrazone groups is 1. The third-order valence-corrected chi connectivity index (χ3v) is 6.39. The second-order valence-electron chi connectivity index (χ2n) is 9.08. The number of hydrogen-bond donors (Lipinski definition) is 5. The molecule has 2 aromatic carbocycles. The summed E-state index contributed by atoms with van der Waals surface area (Å²) in [6.07, 6.45) is 5.44. The smallest absolute Gasteiger partial charge is 0.335 e. The maximum absolute atomic E-state index is 13.2. The Bertz CT molecular complexity index is 1450. The van der Waals surface area contributed by atoms with Crippen LogP contribution in [0.1, 0.15) is 34.5 Å². The van der Waals surface area contributed by atoms with Gasteiger partial charge in [0, 0.05) is 41.4 Å². The summed E-state index contributed by atoms with van der Waals surface area (Å²) in [5.74, 6) is 9.70. The third-order valence-electron chi connectivity index (χ3n) is 6.15. The lowest BCUT2D eigenvalue weighted by molar-refractivity contribution is -0.123. The molecule has 41 heavy (non-hydrogen) atoms. The van der Waals surface area contributed by atoms with E-state index in [4.69, 9.17) is 33.1 Å². The minimum absolute atomic E-state index is 0.0816. The largest absolute Gasteiger partial charge is 0.478 e. The predicted molar refractivity (Wildman–Crippen MR) is 154 cm³/mol. The van der Waals surface area contributed by atoms with Crippen LogP contribution >= 0.6 is 11.6 Å². The lowest BCUT2D eigenvalue weighted by Crippen LogP contribution is -2.43. The number of benzene rings is 2. The Hall–Kier alpha value is -4.88. The number of aromatic carboxylic acids is 1. The summed E-state index contributed by atoms with van der Waals surface area (Å²) in [7, 11) is 0. The van der Waals surface area contributed by atoms with E-state index in [1.54, 1.807) is 22.9 Å². The Morgan fingerprint density at radius 3 is 2.71 bits per heavy atom. The van der Waals surface area contributed by atoms with Crippen molar-refractivity contribution in [3.8, 4) is 5.88 Å². The van der Waals surface area contributed by atoms with E-state index in [0.717, 1.165) is 18.7 Å². The van der Waals surface area contributed by atoms with Gasteiger partial charge in [0.15, 0.2) is 0 Å². The molecule has 1 aromatic heterocycles. The molecule has 4 rings (SSSR count). The molecule has 0 bridgehead atoms. The van der Waals surface area contributed by atoms with Crippen molar-refractivity contribution in [2.24, 2.45) is 16.8 Å². The number of carbonyl (C=O) groups is 3. The number of ether oxygens (including phenoxy) is 1. The van der Waals surface area contributed by atoms with Gasteiger partial charge in [0.25, 0.3) is 0 Å². The van der Waals surface area contributed by atoms with Crippen molar-refractivity contribution < 1.29 is 24.2 Å². The number of aromatic nitrogens is 2. The number of carbonyl (C=O) groups excluding carboxylic acids is 2. The number of rotatable bonds is 11. The molecule has 14 heteroatoms. The summed E-state index contributed by atoms with van der Waals surface area (Å²) in [5.41, 5.74) is 2.19. The van der Waals surface area contributed by atoms with Gasteiger partial charge >= 0.3 is 5.97 Å². The molecule has 0 unspecified atom stereocenters. The number of aryl methyl sites for hydroxylation is 2. The lowest BCUT2D eigenvalue weighted by atomic mass is 10.1. The average Bonchev–Trinajstić information content (AvgIpc) is 3.37. The average molecular weight is 581 g/mol. The molecule has 7 N–H and O–H groups in total. The van der Waals surface area contributed by atoms with Crippen molar-refractivity contribution in [3.05, 3.63) is 76.5 Å². The molecule has 0 radical (unpaired) electrons. The Morgan fingerprint density at radius 1 is 1.22 bits per heavy atom. The first-order valence-electron chi connectivity index (χ1n) is 12.6. The van der Waals surface area contributed by atoms with E-state index in [1.165, 1.54) is 47.8 Å². The van der Waals surface area contributed by atoms with Gasteiger partial charge in [0.1, 0.15) is 12.4 Å². The lowest BCUT2D eigenvalue weighted by Gasteiger charge is -2.18. The van der Waals surface area contributed by atoms with Crippen LogP contribution in [0.3, 0.4) is 0 Å². The fourth-order valence-electron chi connectivity index (χ4n) is 4.14. The molecule has 0 aliphatic carbocycles. The van der Waals surface area contributed by atoms with Crippen LogP contribution in [0.2, 0.25) is 5.02 Å². The van der Waals surface area contributed by atoms with Gasteiger partial charge in [-0.05, 0) is 61.4 Å². The zero-order valence-corrected chi connectivity index (χ0v) is 22.6. The van der Waals surface area contributed by atoms with Crippen LogP contribution in [0, 0.1) is 0 Å². The molecule has 13 nitrogen and oxygen atoms in total. The molecule has 3 aromatic rings. The highest BCUT2D eigenvalue weighted by molar-refractivity contribution is 6.30. The molecule has 0 spiro atoms. The number of nitrogens with zero attached hydrogens (tertiary/aromatic N) is 4. The first-order valence-corrected chi connectivity index (χ1v) is 13.0. The van der Waals surface area contributed by atoms with E-state index in [0.29, 0.717) is 40.9 Å². The molecule has 1 atom stereocenters. The number of nitrogens with two attached hydrogens (primary N) is 2. The molecule has 2 heterocycles. The van der Waals surface area contributed by atoms with Gasteiger partial charge in [0.05, 0.1) is 23.6 Å². The molecular formula is C27H29ClN8O5. The number of anilines is 2. The van der Waals surface area contributed by atoms with Crippen LogP contribution in [0.5, 0.6) is 5.88 Å². The zero-order chi connectivity index (χ0) is 29.4. The SMILES string of the molecule is N/N=C\N(N)c1ccc(Cl)cc1/C=C/C(=O)N[C@@H](CCc1cc2n(n1)CCCO2)C(=O)Nc1ccc(C(=O)O)cc1. The first kappa shape index (κ1) is 29.1. The van der Waals surface area contributed by atoms with Gasteiger partial charge in [-0.15, -0.1) is 0 Å². The number of fused-ring (bicyclic) bond motifs is 1. The molecule has 0 saturated heterocycles. The van der Waals surface area contributed by atoms with E-state index in [9.17, 15) is 14.4 Å². The molecule has 2 amide bonds. The van der Waals surface area contributed by atoms with Crippen molar-refractivity contribution in [2.75, 3.05) is 16.9 Å².